The van der Waals surface area contributed by atoms with Crippen LogP contribution in [0.4, 0.5) is 14.5 Å². The molecule has 188 valence electrons. The number of aryl methyl sites for hydroxylation is 3. The molecule has 0 aliphatic carbocycles. The van der Waals surface area contributed by atoms with E-state index in [0.29, 0.717) is 39.7 Å². The molecule has 0 saturated heterocycles. The number of alkyl halides is 2. The fraction of sp³-hybridized carbons (Fsp3) is 0.192. The zero-order valence-corrected chi connectivity index (χ0v) is 21.0. The normalized spacial score (nSPS) is 11.5. The number of carbonyl (C=O) groups excluding carboxylic acids is 2. The number of benzene rings is 1. The lowest BCUT2D eigenvalue weighted by Crippen LogP contribution is -2.17. The van der Waals surface area contributed by atoms with Gasteiger partial charge < -0.3 is 11.1 Å². The van der Waals surface area contributed by atoms with Gasteiger partial charge in [0, 0.05) is 29.1 Å². The van der Waals surface area contributed by atoms with Crippen LogP contribution in [0.25, 0.3) is 32.4 Å². The van der Waals surface area contributed by atoms with Crippen molar-refractivity contribution in [3.63, 3.8) is 0 Å². The lowest BCUT2D eigenvalue weighted by atomic mass is 10.0. The van der Waals surface area contributed by atoms with Gasteiger partial charge in [-0.1, -0.05) is 18.2 Å². The number of fused-ring (bicyclic) bond motifs is 2. The summed E-state index contributed by atoms with van der Waals surface area (Å²) in [5, 5.41) is 8.31. The van der Waals surface area contributed by atoms with Crippen LogP contribution in [0, 0.1) is 13.8 Å². The predicted molar refractivity (Wildman–Crippen MR) is 139 cm³/mol. The number of halogens is 2. The first-order valence-corrected chi connectivity index (χ1v) is 12.3. The SMILES string of the molecule is CCn1cc(-c2cc(C(=O)Nc3c(C(N)=O)sc4nc(C(F)F)cc(C)c34)c3ccccc3n2)c(C)n1. The van der Waals surface area contributed by atoms with Crippen molar-refractivity contribution in [1.29, 1.82) is 0 Å². The molecule has 5 aromatic rings. The number of primary amides is 1. The summed E-state index contributed by atoms with van der Waals surface area (Å²) in [6.07, 6.45) is -0.899. The van der Waals surface area contributed by atoms with Gasteiger partial charge in [-0.25, -0.2) is 18.7 Å². The number of nitrogens with one attached hydrogen (secondary N) is 1. The van der Waals surface area contributed by atoms with Crippen LogP contribution in [0.1, 0.15) is 50.3 Å². The van der Waals surface area contributed by atoms with Crippen molar-refractivity contribution in [2.24, 2.45) is 5.73 Å². The molecule has 0 saturated carbocycles. The Balaban J connectivity index is 1.66. The monoisotopic (exact) mass is 520 g/mol. The van der Waals surface area contributed by atoms with E-state index in [2.05, 4.69) is 15.4 Å². The number of thiophene rings is 1. The van der Waals surface area contributed by atoms with E-state index in [1.807, 2.05) is 32.2 Å². The number of para-hydroxylation sites is 1. The second-order valence-electron chi connectivity index (χ2n) is 8.53. The molecule has 2 amide bonds. The predicted octanol–water partition coefficient (Wildman–Crippen LogP) is 5.63. The van der Waals surface area contributed by atoms with Crippen LogP contribution < -0.4 is 11.1 Å². The molecule has 8 nitrogen and oxygen atoms in total. The summed E-state index contributed by atoms with van der Waals surface area (Å²) in [6, 6.07) is 10.1. The third kappa shape index (κ3) is 4.31. The van der Waals surface area contributed by atoms with Crippen molar-refractivity contribution in [3.8, 4) is 11.3 Å². The maximum absolute atomic E-state index is 13.7. The lowest BCUT2D eigenvalue weighted by Gasteiger charge is -2.12. The Morgan fingerprint density at radius 1 is 1.16 bits per heavy atom. The van der Waals surface area contributed by atoms with Gasteiger partial charge in [-0.3, -0.25) is 14.3 Å². The quantitative estimate of drug-likeness (QED) is 0.301. The first-order valence-electron chi connectivity index (χ1n) is 11.5. The van der Waals surface area contributed by atoms with Gasteiger partial charge in [-0.05, 0) is 44.5 Å². The zero-order valence-electron chi connectivity index (χ0n) is 20.2. The van der Waals surface area contributed by atoms with Crippen LogP contribution in [0.15, 0.2) is 42.6 Å². The summed E-state index contributed by atoms with van der Waals surface area (Å²) in [5.41, 5.74) is 8.85. The number of pyridine rings is 2. The van der Waals surface area contributed by atoms with E-state index in [1.165, 1.54) is 6.07 Å². The first-order chi connectivity index (χ1) is 17.7. The van der Waals surface area contributed by atoms with E-state index in [4.69, 9.17) is 10.7 Å². The number of anilines is 1. The summed E-state index contributed by atoms with van der Waals surface area (Å²) in [6.45, 7) is 6.16. The number of hydrogen-bond donors (Lipinski definition) is 2. The van der Waals surface area contributed by atoms with Crippen molar-refractivity contribution in [3.05, 3.63) is 70.0 Å². The van der Waals surface area contributed by atoms with E-state index >= 15 is 0 Å². The zero-order chi connectivity index (χ0) is 26.4. The Hall–Kier alpha value is -4.25. The third-order valence-electron chi connectivity index (χ3n) is 6.07. The van der Waals surface area contributed by atoms with Crippen LogP contribution in [-0.4, -0.2) is 31.6 Å². The van der Waals surface area contributed by atoms with Crippen LogP contribution >= 0.6 is 11.3 Å². The number of carbonyl (C=O) groups is 2. The molecule has 0 aliphatic rings. The summed E-state index contributed by atoms with van der Waals surface area (Å²) >= 11 is 0.869. The van der Waals surface area contributed by atoms with Crippen LogP contribution in [0.5, 0.6) is 0 Å². The minimum absolute atomic E-state index is 0.0315. The largest absolute Gasteiger partial charge is 0.365 e. The van der Waals surface area contributed by atoms with Crippen LogP contribution in [0.2, 0.25) is 0 Å². The minimum Gasteiger partial charge on any atom is -0.365 e. The van der Waals surface area contributed by atoms with Crippen molar-refractivity contribution in [2.45, 2.75) is 33.7 Å². The van der Waals surface area contributed by atoms with Gasteiger partial charge in [-0.2, -0.15) is 5.10 Å². The van der Waals surface area contributed by atoms with Gasteiger partial charge in [0.2, 0.25) is 0 Å². The Labute approximate surface area is 214 Å². The van der Waals surface area contributed by atoms with Gasteiger partial charge in [-0.15, -0.1) is 11.3 Å². The highest BCUT2D eigenvalue weighted by Crippen LogP contribution is 2.39. The number of nitrogens with zero attached hydrogens (tertiary/aromatic N) is 4. The third-order valence-corrected chi connectivity index (χ3v) is 7.17. The molecule has 0 spiro atoms. The molecular formula is C26H22F2N6O2S. The second-order valence-corrected chi connectivity index (χ2v) is 9.52. The molecule has 1 aromatic carbocycles. The highest BCUT2D eigenvalue weighted by Gasteiger charge is 2.24. The molecule has 11 heteroatoms. The summed E-state index contributed by atoms with van der Waals surface area (Å²) in [7, 11) is 0. The maximum Gasteiger partial charge on any atom is 0.280 e. The van der Waals surface area contributed by atoms with Gasteiger partial charge in [0.1, 0.15) is 15.4 Å². The summed E-state index contributed by atoms with van der Waals surface area (Å²) in [5.74, 6) is -1.29. The van der Waals surface area contributed by atoms with Gasteiger partial charge in [0.15, 0.2) is 0 Å². The first kappa shape index (κ1) is 24.4. The Morgan fingerprint density at radius 3 is 2.59 bits per heavy atom. The molecule has 37 heavy (non-hydrogen) atoms. The molecule has 3 N–H and O–H groups in total. The highest BCUT2D eigenvalue weighted by molar-refractivity contribution is 7.21. The fourth-order valence-corrected chi connectivity index (χ4v) is 5.39. The van der Waals surface area contributed by atoms with E-state index < -0.39 is 23.9 Å². The molecule has 0 radical (unpaired) electrons. The van der Waals surface area contributed by atoms with Gasteiger partial charge in [0.25, 0.3) is 18.2 Å². The number of amides is 2. The molecular weight excluding hydrogens is 498 g/mol. The topological polar surface area (TPSA) is 116 Å². The molecule has 0 bridgehead atoms. The fourth-order valence-electron chi connectivity index (χ4n) is 4.33. The van der Waals surface area contributed by atoms with Crippen molar-refractivity contribution in [2.75, 3.05) is 5.32 Å². The molecule has 0 unspecified atom stereocenters. The lowest BCUT2D eigenvalue weighted by molar-refractivity contribution is 0.100. The minimum atomic E-state index is -2.78. The van der Waals surface area contributed by atoms with Gasteiger partial charge >= 0.3 is 0 Å². The Morgan fingerprint density at radius 2 is 1.92 bits per heavy atom. The average Bonchev–Trinajstić information content (AvgIpc) is 3.43. The van der Waals surface area contributed by atoms with Crippen LogP contribution in [0.3, 0.4) is 0 Å². The number of aromatic nitrogens is 4. The molecule has 4 heterocycles. The van der Waals surface area contributed by atoms with Crippen molar-refractivity contribution in [1.82, 2.24) is 19.7 Å². The van der Waals surface area contributed by atoms with E-state index in [1.54, 1.807) is 29.8 Å². The van der Waals surface area contributed by atoms with E-state index in [9.17, 15) is 18.4 Å². The standard InChI is InChI=1S/C26H22F2N6O2S/c1-4-34-11-16(13(3)33-34)18-10-15(14-7-5-6-8-17(14)30-18)25(36)32-21-20-12(2)9-19(23(27)28)31-26(20)37-22(21)24(29)35/h5-11,23H,4H2,1-3H3,(H2,29,35)(H,32,36). The average molecular weight is 521 g/mol. The number of nitrogens with two attached hydrogens (primary N) is 1. The highest BCUT2D eigenvalue weighted by atomic mass is 32.1. The molecule has 0 fully saturated rings. The maximum atomic E-state index is 13.7. The molecule has 5 rings (SSSR count). The van der Waals surface area contributed by atoms with Crippen molar-refractivity contribution < 1.29 is 18.4 Å². The Kier molecular flexibility index (Phi) is 6.16. The molecule has 4 aromatic heterocycles. The number of hydrogen-bond acceptors (Lipinski definition) is 6. The Bertz CT molecular complexity index is 1710. The van der Waals surface area contributed by atoms with Gasteiger partial charge in [0.05, 0.1) is 28.2 Å². The number of rotatable bonds is 6. The summed E-state index contributed by atoms with van der Waals surface area (Å²) < 4.78 is 28.4. The van der Waals surface area contributed by atoms with Crippen LogP contribution in [-0.2, 0) is 6.54 Å². The molecule has 0 atom stereocenters. The molecule has 0 aliphatic heterocycles. The van der Waals surface area contributed by atoms with E-state index in [0.717, 1.165) is 22.6 Å². The van der Waals surface area contributed by atoms with Crippen molar-refractivity contribution >= 4 is 50.0 Å². The summed E-state index contributed by atoms with van der Waals surface area (Å²) in [4.78, 5) is 34.9. The second kappa shape index (κ2) is 9.32. The smallest absolute Gasteiger partial charge is 0.280 e. The van der Waals surface area contributed by atoms with E-state index in [-0.39, 0.29) is 15.4 Å².